The second-order valence-corrected chi connectivity index (χ2v) is 10.9. The van der Waals surface area contributed by atoms with E-state index in [1.807, 2.05) is 0 Å². The summed E-state index contributed by atoms with van der Waals surface area (Å²) < 4.78 is 23.7. The highest BCUT2D eigenvalue weighted by Gasteiger charge is 2.30. The van der Waals surface area contributed by atoms with Crippen LogP contribution in [-0.2, 0) is 9.84 Å². The molecule has 0 amide bonds. The molecule has 0 radical (unpaired) electrons. The fourth-order valence-corrected chi connectivity index (χ4v) is 4.42. The summed E-state index contributed by atoms with van der Waals surface area (Å²) in [6, 6.07) is 0. The Morgan fingerprint density at radius 2 is 1.88 bits per heavy atom. The molecule has 0 aromatic rings. The van der Waals surface area contributed by atoms with Crippen LogP contribution in [0.25, 0.3) is 0 Å². The van der Waals surface area contributed by atoms with Gasteiger partial charge in [-0.05, 0) is 59.0 Å². The van der Waals surface area contributed by atoms with Gasteiger partial charge in [-0.2, -0.15) is 0 Å². The highest BCUT2D eigenvalue weighted by atomic mass is 32.2. The van der Waals surface area contributed by atoms with Crippen LogP contribution in [0.5, 0.6) is 0 Å². The number of likely N-dealkylation sites (tertiary alicyclic amines) is 2. The van der Waals surface area contributed by atoms with Gasteiger partial charge < -0.3 is 15.1 Å². The SMILES string of the molecule is CN=C(NCCS(=O)(=O)C(C)(C)C)N1CCC(CN2CCCC2)C1. The summed E-state index contributed by atoms with van der Waals surface area (Å²) in [6.45, 7) is 11.4. The van der Waals surface area contributed by atoms with E-state index in [1.54, 1.807) is 27.8 Å². The van der Waals surface area contributed by atoms with Gasteiger partial charge in [-0.15, -0.1) is 0 Å². The van der Waals surface area contributed by atoms with Crippen LogP contribution >= 0.6 is 0 Å². The molecule has 2 heterocycles. The number of rotatable bonds is 5. The summed E-state index contributed by atoms with van der Waals surface area (Å²) in [4.78, 5) is 9.18. The molecule has 2 rings (SSSR count). The third-order valence-corrected chi connectivity index (χ3v) is 7.71. The van der Waals surface area contributed by atoms with Gasteiger partial charge in [-0.25, -0.2) is 8.42 Å². The quantitative estimate of drug-likeness (QED) is 0.591. The molecule has 0 bridgehead atoms. The van der Waals surface area contributed by atoms with Crippen LogP contribution < -0.4 is 5.32 Å². The molecule has 24 heavy (non-hydrogen) atoms. The molecule has 2 aliphatic rings. The van der Waals surface area contributed by atoms with E-state index in [0.29, 0.717) is 12.5 Å². The van der Waals surface area contributed by atoms with E-state index in [0.717, 1.165) is 19.0 Å². The van der Waals surface area contributed by atoms with E-state index >= 15 is 0 Å². The average Bonchev–Trinajstić information content (AvgIpc) is 3.15. The van der Waals surface area contributed by atoms with Gasteiger partial charge >= 0.3 is 0 Å². The lowest BCUT2D eigenvalue weighted by molar-refractivity contribution is 0.281. The molecule has 2 fully saturated rings. The molecule has 1 unspecified atom stereocenters. The van der Waals surface area contributed by atoms with Gasteiger partial charge in [0.25, 0.3) is 0 Å². The fourth-order valence-electron chi connectivity index (χ4n) is 3.44. The lowest BCUT2D eigenvalue weighted by atomic mass is 10.1. The molecule has 0 saturated carbocycles. The van der Waals surface area contributed by atoms with Gasteiger partial charge in [0.15, 0.2) is 15.8 Å². The highest BCUT2D eigenvalue weighted by molar-refractivity contribution is 7.92. The van der Waals surface area contributed by atoms with Crippen LogP contribution in [-0.4, -0.2) is 81.0 Å². The Labute approximate surface area is 147 Å². The molecule has 0 aromatic carbocycles. The monoisotopic (exact) mass is 358 g/mol. The van der Waals surface area contributed by atoms with Crippen molar-refractivity contribution in [1.29, 1.82) is 0 Å². The number of sulfone groups is 1. The van der Waals surface area contributed by atoms with Crippen molar-refractivity contribution in [2.24, 2.45) is 10.9 Å². The maximum Gasteiger partial charge on any atom is 0.193 e. The van der Waals surface area contributed by atoms with E-state index in [2.05, 4.69) is 20.1 Å². The molecular weight excluding hydrogens is 324 g/mol. The lowest BCUT2D eigenvalue weighted by Crippen LogP contribution is -2.43. The summed E-state index contributed by atoms with van der Waals surface area (Å²) in [5.74, 6) is 1.67. The van der Waals surface area contributed by atoms with Crippen molar-refractivity contribution in [3.05, 3.63) is 0 Å². The maximum absolute atomic E-state index is 12.2. The summed E-state index contributed by atoms with van der Waals surface area (Å²) in [5.41, 5.74) is 0. The van der Waals surface area contributed by atoms with Crippen LogP contribution in [0.15, 0.2) is 4.99 Å². The second kappa shape index (κ2) is 8.04. The Morgan fingerprint density at radius 1 is 1.21 bits per heavy atom. The summed E-state index contributed by atoms with van der Waals surface area (Å²) >= 11 is 0. The minimum Gasteiger partial charge on any atom is -0.355 e. The first-order valence-corrected chi connectivity index (χ1v) is 10.8. The van der Waals surface area contributed by atoms with E-state index in [-0.39, 0.29) is 5.75 Å². The van der Waals surface area contributed by atoms with E-state index in [1.165, 1.54) is 38.9 Å². The van der Waals surface area contributed by atoms with E-state index in [4.69, 9.17) is 0 Å². The zero-order valence-corrected chi connectivity index (χ0v) is 16.5. The summed E-state index contributed by atoms with van der Waals surface area (Å²) in [7, 11) is -1.32. The molecule has 0 aliphatic carbocycles. The van der Waals surface area contributed by atoms with Gasteiger partial charge in [0.05, 0.1) is 10.5 Å². The van der Waals surface area contributed by atoms with Crippen molar-refractivity contribution in [3.8, 4) is 0 Å². The van der Waals surface area contributed by atoms with Crippen molar-refractivity contribution in [2.45, 2.75) is 44.8 Å². The number of nitrogens with zero attached hydrogens (tertiary/aromatic N) is 3. The predicted molar refractivity (Wildman–Crippen MR) is 100 cm³/mol. The van der Waals surface area contributed by atoms with E-state index < -0.39 is 14.6 Å². The molecule has 7 heteroatoms. The molecule has 0 aromatic heterocycles. The molecule has 2 aliphatic heterocycles. The zero-order valence-electron chi connectivity index (χ0n) is 15.7. The maximum atomic E-state index is 12.2. The molecule has 1 N–H and O–H groups in total. The first kappa shape index (κ1) is 19.5. The molecule has 140 valence electrons. The second-order valence-electron chi connectivity index (χ2n) is 8.01. The molecule has 2 saturated heterocycles. The van der Waals surface area contributed by atoms with Gasteiger partial charge in [-0.3, -0.25) is 4.99 Å². The summed E-state index contributed by atoms with van der Waals surface area (Å²) in [6.07, 6.45) is 3.86. The number of hydrogen-bond acceptors (Lipinski definition) is 4. The van der Waals surface area contributed by atoms with Crippen molar-refractivity contribution in [1.82, 2.24) is 15.1 Å². The molecule has 0 spiro atoms. The third-order valence-electron chi connectivity index (χ3n) is 5.10. The largest absolute Gasteiger partial charge is 0.355 e. The Morgan fingerprint density at radius 3 is 2.46 bits per heavy atom. The van der Waals surface area contributed by atoms with Gasteiger partial charge in [0, 0.05) is 33.2 Å². The fraction of sp³-hybridized carbons (Fsp3) is 0.941. The third kappa shape index (κ3) is 5.09. The zero-order chi connectivity index (χ0) is 17.8. The Balaban J connectivity index is 1.78. The lowest BCUT2D eigenvalue weighted by Gasteiger charge is -2.24. The van der Waals surface area contributed by atoms with Crippen LogP contribution in [0.3, 0.4) is 0 Å². The first-order chi connectivity index (χ1) is 11.2. The molecule has 6 nitrogen and oxygen atoms in total. The van der Waals surface area contributed by atoms with Crippen LogP contribution in [0.4, 0.5) is 0 Å². The van der Waals surface area contributed by atoms with Crippen LogP contribution in [0.2, 0.25) is 0 Å². The normalized spacial score (nSPS) is 23.9. The standard InChI is InChI=1S/C17H34N4O2S/c1-17(2,3)24(22,23)12-8-19-16(18-4)21-11-7-15(14-21)13-20-9-5-6-10-20/h15H,5-14H2,1-4H3,(H,18,19). The number of aliphatic imine (C=N–C) groups is 1. The van der Waals surface area contributed by atoms with Crippen LogP contribution in [0, 0.1) is 5.92 Å². The Hall–Kier alpha value is -0.820. The topological polar surface area (TPSA) is 65.0 Å². The molecular formula is C17H34N4O2S. The Bertz CT molecular complexity index is 533. The minimum atomic E-state index is -3.09. The van der Waals surface area contributed by atoms with Crippen molar-refractivity contribution in [3.63, 3.8) is 0 Å². The number of guanidine groups is 1. The van der Waals surface area contributed by atoms with Gasteiger partial charge in [-0.1, -0.05) is 0 Å². The number of nitrogens with one attached hydrogen (secondary N) is 1. The summed E-state index contributed by atoms with van der Waals surface area (Å²) in [5, 5.41) is 3.24. The van der Waals surface area contributed by atoms with Crippen molar-refractivity contribution < 1.29 is 8.42 Å². The Kier molecular flexibility index (Phi) is 6.53. The van der Waals surface area contributed by atoms with Crippen LogP contribution in [0.1, 0.15) is 40.0 Å². The number of hydrogen-bond donors (Lipinski definition) is 1. The first-order valence-electron chi connectivity index (χ1n) is 9.13. The van der Waals surface area contributed by atoms with Crippen molar-refractivity contribution in [2.75, 3.05) is 52.1 Å². The van der Waals surface area contributed by atoms with Crippen molar-refractivity contribution >= 4 is 15.8 Å². The highest BCUT2D eigenvalue weighted by Crippen LogP contribution is 2.20. The smallest absolute Gasteiger partial charge is 0.193 e. The van der Waals surface area contributed by atoms with Gasteiger partial charge in [0.1, 0.15) is 0 Å². The predicted octanol–water partition coefficient (Wildman–Crippen LogP) is 1.19. The average molecular weight is 359 g/mol. The van der Waals surface area contributed by atoms with Gasteiger partial charge in [0.2, 0.25) is 0 Å². The molecule has 1 atom stereocenters. The minimum absolute atomic E-state index is 0.139. The van der Waals surface area contributed by atoms with E-state index in [9.17, 15) is 8.42 Å².